The summed E-state index contributed by atoms with van der Waals surface area (Å²) < 4.78 is 29.4. The highest BCUT2D eigenvalue weighted by Gasteiger charge is 2.35. The lowest BCUT2D eigenvalue weighted by atomic mass is 10.0. The Morgan fingerprint density at radius 1 is 0.818 bits per heavy atom. The smallest absolute Gasteiger partial charge is 0.264 e. The molecular formula is C35H38ClN3O4S. The lowest BCUT2D eigenvalue weighted by Crippen LogP contribution is -2.54. The fourth-order valence-corrected chi connectivity index (χ4v) is 6.68. The van der Waals surface area contributed by atoms with E-state index in [0.29, 0.717) is 10.6 Å². The monoisotopic (exact) mass is 631 g/mol. The number of nitrogens with one attached hydrogen (secondary N) is 1. The Hall–Kier alpha value is -4.14. The standard InChI is InChI=1S/C35H38ClN3O4S/c1-25(2)37-35(41)33(21-28-13-7-5-8-14-28)38(23-29-15-11-12-26(3)20-29)34(40)24-39(32-22-30(36)19-18-27(32)4)44(42,43)31-16-9-6-10-17-31/h5-20,22,25,33H,21,23-24H2,1-4H3,(H,37,41)/t33-/m0/s1. The topological polar surface area (TPSA) is 86.8 Å². The number of aryl methyl sites for hydroxylation is 2. The van der Waals surface area contributed by atoms with Gasteiger partial charge in [0, 0.05) is 24.0 Å². The van der Waals surface area contributed by atoms with Crippen LogP contribution in [-0.2, 0) is 32.6 Å². The molecule has 1 atom stereocenters. The minimum Gasteiger partial charge on any atom is -0.352 e. The summed E-state index contributed by atoms with van der Waals surface area (Å²) >= 11 is 6.34. The summed E-state index contributed by atoms with van der Waals surface area (Å²) in [5, 5.41) is 3.31. The van der Waals surface area contributed by atoms with Crippen molar-refractivity contribution in [3.8, 4) is 0 Å². The van der Waals surface area contributed by atoms with Crippen LogP contribution in [0.1, 0.15) is 36.1 Å². The molecule has 230 valence electrons. The third-order valence-electron chi connectivity index (χ3n) is 7.19. The zero-order chi connectivity index (χ0) is 31.9. The van der Waals surface area contributed by atoms with Gasteiger partial charge in [0.2, 0.25) is 11.8 Å². The Morgan fingerprint density at radius 2 is 1.45 bits per heavy atom. The second kappa shape index (κ2) is 14.6. The Morgan fingerprint density at radius 3 is 2.09 bits per heavy atom. The van der Waals surface area contributed by atoms with Gasteiger partial charge in [0.15, 0.2) is 0 Å². The first kappa shape index (κ1) is 32.8. The van der Waals surface area contributed by atoms with Gasteiger partial charge in [-0.3, -0.25) is 13.9 Å². The van der Waals surface area contributed by atoms with Gasteiger partial charge in [0.05, 0.1) is 10.6 Å². The molecule has 0 fully saturated rings. The number of carbonyl (C=O) groups excluding carboxylic acids is 2. The molecule has 0 radical (unpaired) electrons. The molecule has 0 unspecified atom stereocenters. The highest BCUT2D eigenvalue weighted by atomic mass is 35.5. The van der Waals surface area contributed by atoms with Crippen LogP contribution in [0.2, 0.25) is 5.02 Å². The second-order valence-electron chi connectivity index (χ2n) is 11.1. The van der Waals surface area contributed by atoms with Gasteiger partial charge in [-0.15, -0.1) is 0 Å². The largest absolute Gasteiger partial charge is 0.352 e. The highest BCUT2D eigenvalue weighted by Crippen LogP contribution is 2.30. The van der Waals surface area contributed by atoms with Crippen LogP contribution in [0.4, 0.5) is 5.69 Å². The molecule has 0 bridgehead atoms. The van der Waals surface area contributed by atoms with E-state index in [0.717, 1.165) is 21.0 Å². The molecule has 44 heavy (non-hydrogen) atoms. The summed E-state index contributed by atoms with van der Waals surface area (Å²) in [4.78, 5) is 29.8. The van der Waals surface area contributed by atoms with Gasteiger partial charge in [-0.25, -0.2) is 8.42 Å². The zero-order valence-corrected chi connectivity index (χ0v) is 27.0. The van der Waals surface area contributed by atoms with Gasteiger partial charge >= 0.3 is 0 Å². The summed E-state index contributed by atoms with van der Waals surface area (Å²) in [6.07, 6.45) is 0.249. The second-order valence-corrected chi connectivity index (χ2v) is 13.4. The Balaban J connectivity index is 1.83. The van der Waals surface area contributed by atoms with Crippen molar-refractivity contribution >= 4 is 39.1 Å². The Bertz CT molecular complexity index is 1700. The van der Waals surface area contributed by atoms with Crippen molar-refractivity contribution in [1.82, 2.24) is 10.2 Å². The number of nitrogens with zero attached hydrogens (tertiary/aromatic N) is 2. The number of benzene rings is 4. The van der Waals surface area contributed by atoms with E-state index >= 15 is 0 Å². The summed E-state index contributed by atoms with van der Waals surface area (Å²) in [5.74, 6) is -0.841. The third kappa shape index (κ3) is 8.27. The number of halogens is 1. The lowest BCUT2D eigenvalue weighted by Gasteiger charge is -2.34. The first-order valence-corrected chi connectivity index (χ1v) is 16.3. The molecule has 4 rings (SSSR count). The fraction of sp³-hybridized carbons (Fsp3) is 0.257. The van der Waals surface area contributed by atoms with E-state index < -0.39 is 28.5 Å². The lowest BCUT2D eigenvalue weighted by molar-refractivity contribution is -0.140. The van der Waals surface area contributed by atoms with Gasteiger partial charge in [-0.2, -0.15) is 0 Å². The minimum atomic E-state index is -4.20. The normalized spacial score (nSPS) is 12.0. The molecule has 0 saturated carbocycles. The average molecular weight is 632 g/mol. The summed E-state index contributed by atoms with van der Waals surface area (Å²) in [7, 11) is -4.20. The van der Waals surface area contributed by atoms with Crippen LogP contribution < -0.4 is 9.62 Å². The van der Waals surface area contributed by atoms with E-state index in [4.69, 9.17) is 11.6 Å². The minimum absolute atomic E-state index is 0.0378. The molecule has 1 N–H and O–H groups in total. The van der Waals surface area contributed by atoms with Crippen LogP contribution in [0.25, 0.3) is 0 Å². The first-order valence-electron chi connectivity index (χ1n) is 14.5. The van der Waals surface area contributed by atoms with E-state index in [1.165, 1.54) is 17.0 Å². The van der Waals surface area contributed by atoms with Crippen molar-refractivity contribution < 1.29 is 18.0 Å². The van der Waals surface area contributed by atoms with Crippen LogP contribution in [0.3, 0.4) is 0 Å². The first-order chi connectivity index (χ1) is 21.0. The molecule has 0 aliphatic carbocycles. The molecule has 0 aromatic heterocycles. The maximum atomic E-state index is 14.5. The van der Waals surface area contributed by atoms with Gasteiger partial charge in [-0.05, 0) is 68.7 Å². The number of amides is 2. The molecule has 0 saturated heterocycles. The van der Waals surface area contributed by atoms with Crippen LogP contribution in [0, 0.1) is 13.8 Å². The maximum Gasteiger partial charge on any atom is 0.264 e. The molecule has 0 heterocycles. The third-order valence-corrected chi connectivity index (χ3v) is 9.20. The predicted octanol–water partition coefficient (Wildman–Crippen LogP) is 6.32. The van der Waals surface area contributed by atoms with Crippen molar-refractivity contribution in [3.63, 3.8) is 0 Å². The van der Waals surface area contributed by atoms with Crippen molar-refractivity contribution in [2.24, 2.45) is 0 Å². The van der Waals surface area contributed by atoms with E-state index in [9.17, 15) is 18.0 Å². The molecule has 0 spiro atoms. The number of hydrogen-bond acceptors (Lipinski definition) is 4. The van der Waals surface area contributed by atoms with Crippen molar-refractivity contribution in [2.45, 2.75) is 57.6 Å². The number of hydrogen-bond donors (Lipinski definition) is 1. The van der Waals surface area contributed by atoms with Gasteiger partial charge < -0.3 is 10.2 Å². The van der Waals surface area contributed by atoms with Crippen LogP contribution in [0.15, 0.2) is 108 Å². The number of rotatable bonds is 12. The fourth-order valence-electron chi connectivity index (χ4n) is 5.03. The summed E-state index contributed by atoms with van der Waals surface area (Å²) in [6, 6.07) is 29.0. The Kier molecular flexibility index (Phi) is 10.8. The SMILES string of the molecule is Cc1cccc(CN(C(=O)CN(c2cc(Cl)ccc2C)S(=O)(=O)c2ccccc2)[C@@H](Cc2ccccc2)C(=O)NC(C)C)c1. The van der Waals surface area contributed by atoms with Crippen molar-refractivity contribution in [2.75, 3.05) is 10.8 Å². The van der Waals surface area contributed by atoms with E-state index in [1.807, 2.05) is 75.4 Å². The molecule has 0 aliphatic rings. The molecule has 4 aromatic rings. The number of carbonyl (C=O) groups is 2. The van der Waals surface area contributed by atoms with Crippen molar-refractivity contribution in [3.05, 3.63) is 130 Å². The van der Waals surface area contributed by atoms with Gasteiger partial charge in [-0.1, -0.05) is 96.0 Å². The maximum absolute atomic E-state index is 14.5. The van der Waals surface area contributed by atoms with Crippen LogP contribution >= 0.6 is 11.6 Å². The van der Waals surface area contributed by atoms with Crippen molar-refractivity contribution in [1.29, 1.82) is 0 Å². The summed E-state index contributed by atoms with van der Waals surface area (Å²) in [6.45, 7) is 7.02. The van der Waals surface area contributed by atoms with E-state index in [2.05, 4.69) is 5.32 Å². The van der Waals surface area contributed by atoms with E-state index in [1.54, 1.807) is 43.3 Å². The summed E-state index contributed by atoms with van der Waals surface area (Å²) in [5.41, 5.74) is 3.62. The molecule has 0 aliphatic heterocycles. The average Bonchev–Trinajstić information content (AvgIpc) is 2.99. The van der Waals surface area contributed by atoms with Crippen LogP contribution in [0.5, 0.6) is 0 Å². The highest BCUT2D eigenvalue weighted by molar-refractivity contribution is 7.92. The molecular weight excluding hydrogens is 594 g/mol. The Labute approximate surface area is 265 Å². The van der Waals surface area contributed by atoms with Gasteiger partial charge in [0.25, 0.3) is 10.0 Å². The van der Waals surface area contributed by atoms with Gasteiger partial charge in [0.1, 0.15) is 12.6 Å². The molecule has 4 aromatic carbocycles. The van der Waals surface area contributed by atoms with Crippen LogP contribution in [-0.4, -0.2) is 43.8 Å². The molecule has 9 heteroatoms. The number of sulfonamides is 1. The zero-order valence-electron chi connectivity index (χ0n) is 25.4. The molecule has 2 amide bonds. The predicted molar refractivity (Wildman–Crippen MR) is 176 cm³/mol. The quantitative estimate of drug-likeness (QED) is 0.198. The molecule has 7 nitrogen and oxygen atoms in total. The number of anilines is 1. The van der Waals surface area contributed by atoms with E-state index in [-0.39, 0.29) is 35.5 Å².